The van der Waals surface area contributed by atoms with Gasteiger partial charge in [-0.2, -0.15) is 44.8 Å². The topological polar surface area (TPSA) is 258 Å². The molecule has 1 N–H and O–H groups in total. The van der Waals surface area contributed by atoms with Crippen molar-refractivity contribution in [3.8, 4) is 55.4 Å². The van der Waals surface area contributed by atoms with E-state index in [1.165, 1.54) is 13.3 Å². The Hall–Kier alpha value is -7.38. The molecular formula is C122H226F13NO14. The van der Waals surface area contributed by atoms with Gasteiger partial charge in [-0.3, -0.25) is 61.9 Å². The van der Waals surface area contributed by atoms with E-state index < -0.39 is 55.2 Å². The van der Waals surface area contributed by atoms with E-state index in [0.29, 0.717) is 86.5 Å². The molecule has 0 saturated carbocycles. The minimum absolute atomic E-state index is 0.00921. The van der Waals surface area contributed by atoms with Crippen molar-refractivity contribution < 1.29 is 124 Å². The maximum absolute atomic E-state index is 12.6. The van der Waals surface area contributed by atoms with Crippen LogP contribution in [-0.4, -0.2) is 126 Å². The third-order valence-electron chi connectivity index (χ3n) is 18.9. The van der Waals surface area contributed by atoms with E-state index in [4.69, 9.17) is 36.1 Å². The molecule has 0 bridgehead atoms. The number of alkyl halides is 13. The molecule has 0 aromatic heterocycles. The number of aliphatic hydroxyl groups is 1. The summed E-state index contributed by atoms with van der Waals surface area (Å²) in [6.07, 6.45) is 16.3. The molecule has 28 heteroatoms. The first-order valence-corrected chi connectivity index (χ1v) is 54.4. The molecule has 0 aliphatic carbocycles. The number of nitriles is 1. The first kappa shape index (κ1) is 187. The van der Waals surface area contributed by atoms with E-state index in [2.05, 4.69) is 90.7 Å². The van der Waals surface area contributed by atoms with E-state index in [1.54, 1.807) is 55.4 Å². The Morgan fingerprint density at radius 3 is 0.813 bits per heavy atom. The number of ketones is 11. The lowest BCUT2D eigenvalue weighted by Gasteiger charge is -2.15. The Morgan fingerprint density at radius 1 is 0.347 bits per heavy atom. The van der Waals surface area contributed by atoms with Gasteiger partial charge in [-0.05, 0) is 95.3 Å². The molecule has 5 atom stereocenters. The van der Waals surface area contributed by atoms with Gasteiger partial charge in [-0.25, -0.2) is 13.2 Å². The van der Waals surface area contributed by atoms with Gasteiger partial charge in [0, 0.05) is 179 Å². The number of hydrogen-bond donors (Lipinski definition) is 1. The summed E-state index contributed by atoms with van der Waals surface area (Å²) in [7, 11) is 0. The van der Waals surface area contributed by atoms with E-state index in [0.717, 1.165) is 96.8 Å². The van der Waals surface area contributed by atoms with Gasteiger partial charge in [0.2, 0.25) is 12.2 Å². The number of rotatable bonds is 42. The quantitative estimate of drug-likeness (QED) is 0.0338. The summed E-state index contributed by atoms with van der Waals surface area (Å²) >= 11 is 0. The Balaban J connectivity index is -0.0000000715. The summed E-state index contributed by atoms with van der Waals surface area (Å²) in [4.78, 5) is 129. The van der Waals surface area contributed by atoms with Crippen molar-refractivity contribution in [2.45, 2.75) is 512 Å². The van der Waals surface area contributed by atoms with E-state index >= 15 is 0 Å². The molecule has 15 nitrogen and oxygen atoms in total. The fourth-order valence-electron chi connectivity index (χ4n) is 6.86. The van der Waals surface area contributed by atoms with Gasteiger partial charge in [0.15, 0.2) is 0 Å². The third kappa shape index (κ3) is 195. The molecule has 0 aliphatic heterocycles. The minimum Gasteiger partial charge on any atom is -0.466 e. The molecule has 0 heterocycles. The predicted octanol–water partition coefficient (Wildman–Crippen LogP) is 36.0. The van der Waals surface area contributed by atoms with Crippen molar-refractivity contribution in [3.63, 3.8) is 0 Å². The zero-order valence-electron chi connectivity index (χ0n) is 104. The number of carbonyl (C=O) groups excluding carboxylic acids is 12. The van der Waals surface area contributed by atoms with Crippen LogP contribution >= 0.6 is 0 Å². The van der Waals surface area contributed by atoms with Gasteiger partial charge in [-0.15, -0.1) is 49.4 Å². The Kier molecular flexibility index (Phi) is 156. The molecule has 0 saturated heterocycles. The zero-order valence-corrected chi connectivity index (χ0v) is 104. The average molecular weight is 2180 g/mol. The van der Waals surface area contributed by atoms with Crippen LogP contribution in [0, 0.1) is 191 Å². The lowest BCUT2D eigenvalue weighted by atomic mass is 9.95. The highest BCUT2D eigenvalue weighted by Crippen LogP contribution is 2.30. The van der Waals surface area contributed by atoms with Gasteiger partial charge in [0.1, 0.15) is 64.0 Å². The number of hydrogen-bond acceptors (Lipinski definition) is 15. The number of halogens is 13. The summed E-state index contributed by atoms with van der Waals surface area (Å²) in [5, 5.41) is 16.2. The van der Waals surface area contributed by atoms with Gasteiger partial charge in [0.25, 0.3) is 0 Å². The highest BCUT2D eigenvalue weighted by molar-refractivity contribution is 5.85. The molecule has 0 fully saturated rings. The monoisotopic (exact) mass is 2180 g/mol. The van der Waals surface area contributed by atoms with Crippen LogP contribution in [0.5, 0.6) is 0 Å². The molecule has 894 valence electrons. The van der Waals surface area contributed by atoms with Crippen molar-refractivity contribution in [1.82, 2.24) is 0 Å². The lowest BCUT2D eigenvalue weighted by molar-refractivity contribution is -0.174. The van der Waals surface area contributed by atoms with Crippen molar-refractivity contribution in [1.29, 1.82) is 5.26 Å². The van der Waals surface area contributed by atoms with Gasteiger partial charge < -0.3 is 9.84 Å². The van der Waals surface area contributed by atoms with Gasteiger partial charge >= 0.3 is 24.5 Å². The predicted molar refractivity (Wildman–Crippen MR) is 605 cm³/mol. The van der Waals surface area contributed by atoms with Crippen LogP contribution in [0.2, 0.25) is 0 Å². The van der Waals surface area contributed by atoms with E-state index in [-0.39, 0.29) is 168 Å². The second kappa shape index (κ2) is 125. The van der Waals surface area contributed by atoms with Gasteiger partial charge in [-0.1, -0.05) is 331 Å². The van der Waals surface area contributed by atoms with Crippen LogP contribution in [0.25, 0.3) is 0 Å². The molecule has 0 amide bonds. The van der Waals surface area contributed by atoms with Gasteiger partial charge in [0.05, 0.1) is 31.2 Å². The normalized spacial score (nSPS) is 11.3. The summed E-state index contributed by atoms with van der Waals surface area (Å²) in [5.41, 5.74) is 0. The number of terminal acetylenes is 4. The Bertz CT molecular complexity index is 3260. The molecule has 0 radical (unpaired) electrons. The number of carbonyl (C=O) groups is 12. The molecule has 5 unspecified atom stereocenters. The fraction of sp³-hybridized carbons (Fsp3) is 0.828. The number of Topliss-reactive ketones (excluding diaryl/α,β-unsaturated/α-hetero) is 11. The smallest absolute Gasteiger partial charge is 0.449 e. The average Bonchev–Trinajstić information content (AvgIpc) is 0.886. The third-order valence-corrected chi connectivity index (χ3v) is 18.9. The van der Waals surface area contributed by atoms with Crippen LogP contribution in [0.15, 0.2) is 0 Å². The Morgan fingerprint density at radius 2 is 0.640 bits per heavy atom. The van der Waals surface area contributed by atoms with Crippen molar-refractivity contribution >= 4 is 69.6 Å². The maximum atomic E-state index is 12.6. The van der Waals surface area contributed by atoms with Crippen LogP contribution < -0.4 is 0 Å². The van der Waals surface area contributed by atoms with Crippen molar-refractivity contribution in [3.05, 3.63) is 0 Å². The first-order valence-electron chi connectivity index (χ1n) is 54.4. The summed E-state index contributed by atoms with van der Waals surface area (Å²) in [6.45, 7) is 92.1. The largest absolute Gasteiger partial charge is 0.466 e. The second-order valence-electron chi connectivity index (χ2n) is 42.5. The van der Waals surface area contributed by atoms with Crippen LogP contribution in [0.3, 0.4) is 0 Å². The molecular weight excluding hydrogens is 1950 g/mol. The first-order chi connectivity index (χ1) is 68.0. The number of aliphatic hydroxyl groups excluding tert-OH is 1. The van der Waals surface area contributed by atoms with Crippen LogP contribution in [-0.2, 0) is 62.3 Å². The Labute approximate surface area is 911 Å². The standard InChI is InChI=1S/C9H17FO.C9H14O.C8H13F3O.2C8H16O.C8H12O.C7H11F3O.C7H12F2O.C7H14O2.2C7H14O.C6H12O2.C5H11F.C5H12.C5H8.C4H7F3.C4H7N.C4H10.C4H6/c1-6(2)9(11)5-7(3)8(4)10;1-5-8(4)6-9(10)7(2)3;1-5(2)7(12)4-6(3)8(9,10)11;1-6(2)5-8(9)7(3)4;2*1-4-5-6-8(9)7(2)3;1-5(2)3-4-6(11)7(8,9)10;1-5(2)6(10)3-4-7(8)9;1-6(2)7(9)4-3-5-8;2*1-4-5-7(8)6(2)3;1-4-8-6(7)5(2)3;1-3-5(2)4-6;2*1-4-5(2)3;1-3(2)4(5,6)7;1-4(2)3-5;1-4(2)3;1-3-4-2/h6-8H,5H2,1-4H3;1,7-8H,6H2,2-4H3;5-6H,4H2,1-3H3;6-7H,5H2,1-4H3;7H,4-6H2,1-3H3;1,7H,5-6H2,2-3H3;5H,3-4H2,1-2H3;5,7H,3-4H2,1-2H3;6,8H,3-5H2,1-2H3;2*6H,4-5H2,1-3H3;5H,4H2,1-3H3;5H,3-4H2,1-2H3;5H,4H2,1-3H3;1,5H,2-3H3;3H,1-2H3;4H,1-2H3;4H,1-3H3;1H,4H2,2H3. The van der Waals surface area contributed by atoms with Crippen LogP contribution in [0.1, 0.15) is 481 Å². The minimum atomic E-state index is -4.64. The number of nitrogens with zero attached hydrogens (tertiary/aromatic N) is 1. The van der Waals surface area contributed by atoms with Crippen molar-refractivity contribution in [2.24, 2.45) is 130 Å². The molecule has 0 aliphatic rings. The molecule has 0 aromatic carbocycles. The molecule has 0 rings (SSSR count). The molecule has 0 aromatic rings. The number of ether oxygens (including phenoxy) is 1. The SMILES string of the molecule is C#CC(C)C.C#CC(C)CC(=O)C(C)C.C#CCC.C#CCCC(=O)C(C)C.CC(C)C.CC(C)C#N.CC(C)C(=O)CC(C)C(C)F.CC(C)C(=O)CC(C)C(F)(F)F.CC(C)C(=O)CCC(F)F.CC(C)C(=O)CCCO.CC(C)C(F)(F)F.CC(C)CC(=O)C(C)C.CC(C)CCC(=O)C(F)(F)F.CCC(C)C.CCC(C)CF.CCCC(=O)C(C)C.CCCC(=O)C(C)C.CCCCC(=O)C(C)C.CCOC(=O)C(C)C. The summed E-state index contributed by atoms with van der Waals surface area (Å²) in [5.74, 6) is 11.6. The second-order valence-corrected chi connectivity index (χ2v) is 42.5. The molecule has 150 heavy (non-hydrogen) atoms. The van der Waals surface area contributed by atoms with Crippen LogP contribution in [0.4, 0.5) is 57.1 Å². The van der Waals surface area contributed by atoms with E-state index in [9.17, 15) is 115 Å². The summed E-state index contributed by atoms with van der Waals surface area (Å²) in [6, 6.07) is 2.03. The highest BCUT2D eigenvalue weighted by atomic mass is 19.4. The summed E-state index contributed by atoms with van der Waals surface area (Å²) < 4.78 is 156. The maximum Gasteiger partial charge on any atom is 0.449 e. The molecule has 0 spiro atoms. The van der Waals surface area contributed by atoms with E-state index in [1.807, 2.05) is 200 Å². The number of unbranched alkanes of at least 4 members (excludes halogenated alkanes) is 1. The fourth-order valence-corrected chi connectivity index (χ4v) is 6.86. The zero-order chi connectivity index (χ0) is 124. The highest BCUT2D eigenvalue weighted by Gasteiger charge is 2.38. The van der Waals surface area contributed by atoms with Crippen molar-refractivity contribution in [2.75, 3.05) is 19.9 Å². The lowest BCUT2D eigenvalue weighted by Crippen LogP contribution is -2.24. The number of esters is 1.